The highest BCUT2D eigenvalue weighted by Crippen LogP contribution is 2.26. The summed E-state index contributed by atoms with van der Waals surface area (Å²) in [5.41, 5.74) is 1.58. The van der Waals surface area contributed by atoms with Crippen LogP contribution in [0.2, 0.25) is 0 Å². The zero-order valence-electron chi connectivity index (χ0n) is 16.0. The van der Waals surface area contributed by atoms with E-state index in [0.29, 0.717) is 37.5 Å². The quantitative estimate of drug-likeness (QED) is 0.731. The Bertz CT molecular complexity index is 1020. The van der Waals surface area contributed by atoms with Crippen LogP contribution in [0.3, 0.4) is 0 Å². The molecule has 0 atom stereocenters. The fourth-order valence-electron chi connectivity index (χ4n) is 3.71. The highest BCUT2D eigenvalue weighted by atomic mass is 16.2. The lowest BCUT2D eigenvalue weighted by molar-refractivity contribution is -0.132. The van der Waals surface area contributed by atoms with Crippen molar-refractivity contribution >= 4 is 17.1 Å². The highest BCUT2D eigenvalue weighted by Gasteiger charge is 2.26. The minimum atomic E-state index is -0.260. The van der Waals surface area contributed by atoms with Crippen LogP contribution >= 0.6 is 0 Å². The van der Waals surface area contributed by atoms with Gasteiger partial charge in [0, 0.05) is 25.4 Å². The molecule has 2 aromatic heterocycles. The lowest BCUT2D eigenvalue weighted by atomic mass is 9.95. The van der Waals surface area contributed by atoms with Gasteiger partial charge in [-0.2, -0.15) is 0 Å². The van der Waals surface area contributed by atoms with Gasteiger partial charge in [0.05, 0.1) is 6.54 Å². The van der Waals surface area contributed by atoms with Gasteiger partial charge in [0.1, 0.15) is 5.82 Å². The highest BCUT2D eigenvalue weighted by molar-refractivity contribution is 5.76. The SMILES string of the molecule is CCCC(=O)N1CCC(c2nc3c(nnn3Cc3ccccc3)c(=O)[nH]2)CC1. The third kappa shape index (κ3) is 3.67. The largest absolute Gasteiger partial charge is 0.343 e. The molecule has 0 radical (unpaired) electrons. The molecule has 1 N–H and O–H groups in total. The summed E-state index contributed by atoms with van der Waals surface area (Å²) in [6.45, 7) is 3.93. The number of nitrogens with one attached hydrogen (secondary N) is 1. The van der Waals surface area contributed by atoms with E-state index in [1.54, 1.807) is 4.68 Å². The van der Waals surface area contributed by atoms with Crippen molar-refractivity contribution in [3.8, 4) is 0 Å². The molecule has 3 aromatic rings. The van der Waals surface area contributed by atoms with Crippen LogP contribution in [0, 0.1) is 0 Å². The van der Waals surface area contributed by atoms with E-state index in [1.807, 2.05) is 42.2 Å². The van der Waals surface area contributed by atoms with E-state index in [-0.39, 0.29) is 22.9 Å². The molecule has 146 valence electrons. The number of benzene rings is 1. The van der Waals surface area contributed by atoms with Crippen LogP contribution in [0.4, 0.5) is 0 Å². The lowest BCUT2D eigenvalue weighted by Crippen LogP contribution is -2.38. The molecule has 0 bridgehead atoms. The molecule has 4 rings (SSSR count). The zero-order valence-corrected chi connectivity index (χ0v) is 16.0. The zero-order chi connectivity index (χ0) is 19.5. The van der Waals surface area contributed by atoms with Crippen LogP contribution < -0.4 is 5.56 Å². The lowest BCUT2D eigenvalue weighted by Gasteiger charge is -2.31. The van der Waals surface area contributed by atoms with E-state index >= 15 is 0 Å². The summed E-state index contributed by atoms with van der Waals surface area (Å²) in [5.74, 6) is 1.00. The van der Waals surface area contributed by atoms with E-state index in [1.165, 1.54) is 0 Å². The molecule has 1 aliphatic heterocycles. The summed E-state index contributed by atoms with van der Waals surface area (Å²) in [5, 5.41) is 8.13. The predicted molar refractivity (Wildman–Crippen MR) is 105 cm³/mol. The Kier molecular flexibility index (Phi) is 5.18. The summed E-state index contributed by atoms with van der Waals surface area (Å²) >= 11 is 0. The van der Waals surface area contributed by atoms with Crippen LogP contribution in [0.25, 0.3) is 11.2 Å². The molecule has 0 unspecified atom stereocenters. The molecular weight excluding hydrogens is 356 g/mol. The molecule has 0 spiro atoms. The third-order valence-electron chi connectivity index (χ3n) is 5.27. The monoisotopic (exact) mass is 380 g/mol. The maximum atomic E-state index is 12.5. The molecule has 8 nitrogen and oxygen atoms in total. The number of aromatic nitrogens is 5. The third-order valence-corrected chi connectivity index (χ3v) is 5.27. The molecule has 1 amide bonds. The first-order valence-corrected chi connectivity index (χ1v) is 9.81. The average Bonchev–Trinajstić information content (AvgIpc) is 3.12. The van der Waals surface area contributed by atoms with E-state index in [4.69, 9.17) is 4.98 Å². The molecule has 3 heterocycles. The molecule has 0 aliphatic carbocycles. The van der Waals surface area contributed by atoms with Gasteiger partial charge in [-0.1, -0.05) is 42.5 Å². The van der Waals surface area contributed by atoms with Gasteiger partial charge >= 0.3 is 0 Å². The second-order valence-corrected chi connectivity index (χ2v) is 7.26. The van der Waals surface area contributed by atoms with Gasteiger partial charge in [-0.05, 0) is 24.8 Å². The second kappa shape index (κ2) is 7.92. The van der Waals surface area contributed by atoms with Crippen molar-refractivity contribution in [3.05, 3.63) is 52.1 Å². The molecule has 1 saturated heterocycles. The van der Waals surface area contributed by atoms with E-state index in [9.17, 15) is 9.59 Å². The first kappa shape index (κ1) is 18.3. The molecular formula is C20H24N6O2. The number of rotatable bonds is 5. The molecule has 1 aliphatic rings. The second-order valence-electron chi connectivity index (χ2n) is 7.26. The van der Waals surface area contributed by atoms with Crippen molar-refractivity contribution in [2.45, 2.75) is 45.1 Å². The molecule has 1 aromatic carbocycles. The van der Waals surface area contributed by atoms with Crippen LogP contribution in [0.5, 0.6) is 0 Å². The molecule has 8 heteroatoms. The van der Waals surface area contributed by atoms with E-state index in [0.717, 1.165) is 24.8 Å². The Morgan fingerprint density at radius 3 is 2.68 bits per heavy atom. The number of hydrogen-bond donors (Lipinski definition) is 1. The number of fused-ring (bicyclic) bond motifs is 1. The van der Waals surface area contributed by atoms with Gasteiger partial charge in [0.25, 0.3) is 5.56 Å². The van der Waals surface area contributed by atoms with Crippen molar-refractivity contribution in [2.24, 2.45) is 0 Å². The van der Waals surface area contributed by atoms with Gasteiger partial charge in [-0.15, -0.1) is 5.10 Å². The maximum absolute atomic E-state index is 12.5. The Balaban J connectivity index is 1.56. The topological polar surface area (TPSA) is 96.8 Å². The van der Waals surface area contributed by atoms with Gasteiger partial charge in [-0.25, -0.2) is 9.67 Å². The van der Waals surface area contributed by atoms with Gasteiger partial charge in [0.15, 0.2) is 11.2 Å². The minimum absolute atomic E-state index is 0.128. The summed E-state index contributed by atoms with van der Waals surface area (Å²) in [4.78, 5) is 34.1. The maximum Gasteiger partial charge on any atom is 0.281 e. The van der Waals surface area contributed by atoms with E-state index < -0.39 is 0 Å². The van der Waals surface area contributed by atoms with E-state index in [2.05, 4.69) is 15.3 Å². The number of H-pyrrole nitrogens is 1. The number of carbonyl (C=O) groups excluding carboxylic acids is 1. The normalized spacial score (nSPS) is 15.2. The Morgan fingerprint density at radius 2 is 1.96 bits per heavy atom. The Labute approximate surface area is 162 Å². The Hall–Kier alpha value is -3.03. The number of amides is 1. The van der Waals surface area contributed by atoms with Crippen molar-refractivity contribution in [1.82, 2.24) is 29.9 Å². The summed E-state index contributed by atoms with van der Waals surface area (Å²) in [6, 6.07) is 9.90. The minimum Gasteiger partial charge on any atom is -0.343 e. The fraction of sp³-hybridized carbons (Fsp3) is 0.450. The van der Waals surface area contributed by atoms with Crippen molar-refractivity contribution in [1.29, 1.82) is 0 Å². The van der Waals surface area contributed by atoms with Crippen LogP contribution in [0.1, 0.15) is 49.9 Å². The number of hydrogen-bond acceptors (Lipinski definition) is 5. The van der Waals surface area contributed by atoms with Gasteiger partial charge < -0.3 is 9.88 Å². The van der Waals surface area contributed by atoms with Crippen molar-refractivity contribution < 1.29 is 4.79 Å². The summed E-state index contributed by atoms with van der Waals surface area (Å²) in [7, 11) is 0. The van der Waals surface area contributed by atoms with Gasteiger partial charge in [0.2, 0.25) is 5.91 Å². The first-order chi connectivity index (χ1) is 13.7. The standard InChI is InChI=1S/C20H24N6O2/c1-2-6-16(27)25-11-9-15(10-12-25)18-21-19-17(20(28)22-18)23-24-26(19)13-14-7-4-3-5-8-14/h3-5,7-8,15H,2,6,9-13H2,1H3,(H,21,22,28). The number of nitrogens with zero attached hydrogens (tertiary/aromatic N) is 5. The number of piperidine rings is 1. The summed E-state index contributed by atoms with van der Waals surface area (Å²) in [6.07, 6.45) is 3.05. The number of likely N-dealkylation sites (tertiary alicyclic amines) is 1. The molecule has 1 fully saturated rings. The summed E-state index contributed by atoms with van der Waals surface area (Å²) < 4.78 is 1.67. The number of carbonyl (C=O) groups is 1. The van der Waals surface area contributed by atoms with Crippen molar-refractivity contribution in [3.63, 3.8) is 0 Å². The number of aromatic amines is 1. The van der Waals surface area contributed by atoms with Gasteiger partial charge in [-0.3, -0.25) is 9.59 Å². The first-order valence-electron chi connectivity index (χ1n) is 9.81. The van der Waals surface area contributed by atoms with Crippen molar-refractivity contribution in [2.75, 3.05) is 13.1 Å². The average molecular weight is 380 g/mol. The smallest absolute Gasteiger partial charge is 0.281 e. The molecule has 0 saturated carbocycles. The Morgan fingerprint density at radius 1 is 1.21 bits per heavy atom. The van der Waals surface area contributed by atoms with Crippen LogP contribution in [-0.2, 0) is 11.3 Å². The van der Waals surface area contributed by atoms with Crippen LogP contribution in [0.15, 0.2) is 35.1 Å². The fourth-order valence-corrected chi connectivity index (χ4v) is 3.71. The predicted octanol–water partition coefficient (Wildman–Crippen LogP) is 2.07. The van der Waals surface area contributed by atoms with Crippen LogP contribution in [-0.4, -0.2) is 48.9 Å². The molecule has 28 heavy (non-hydrogen) atoms.